The number of hydrogen-bond acceptors (Lipinski definition) is 2. The number of aliphatic hydroxyl groups excluding tert-OH is 1. The summed E-state index contributed by atoms with van der Waals surface area (Å²) in [6.45, 7) is 0. The van der Waals surface area contributed by atoms with E-state index in [9.17, 15) is 9.50 Å². The first-order valence-electron chi connectivity index (χ1n) is 4.83. The third-order valence-corrected chi connectivity index (χ3v) is 2.61. The minimum Gasteiger partial charge on any atom is -0.469 e. The summed E-state index contributed by atoms with van der Waals surface area (Å²) < 4.78 is 18.6. The Bertz CT molecular complexity index is 468. The monoisotopic (exact) mass is 240 g/mol. The summed E-state index contributed by atoms with van der Waals surface area (Å²) in [4.78, 5) is 0. The van der Waals surface area contributed by atoms with Crippen LogP contribution in [0.2, 0.25) is 5.02 Å². The summed E-state index contributed by atoms with van der Waals surface area (Å²) in [7, 11) is 0. The van der Waals surface area contributed by atoms with Gasteiger partial charge in [-0.15, -0.1) is 0 Å². The minimum absolute atomic E-state index is 0.0102. The van der Waals surface area contributed by atoms with Crippen LogP contribution < -0.4 is 0 Å². The average Bonchev–Trinajstić information content (AvgIpc) is 2.74. The fourth-order valence-electron chi connectivity index (χ4n) is 1.51. The molecule has 16 heavy (non-hydrogen) atoms. The second-order valence-corrected chi connectivity index (χ2v) is 3.85. The van der Waals surface area contributed by atoms with Gasteiger partial charge in [0.1, 0.15) is 11.6 Å². The molecule has 1 heterocycles. The molecule has 1 aromatic heterocycles. The zero-order valence-corrected chi connectivity index (χ0v) is 9.12. The van der Waals surface area contributed by atoms with E-state index in [1.165, 1.54) is 18.4 Å². The molecule has 0 amide bonds. The molecule has 0 aliphatic heterocycles. The zero-order chi connectivity index (χ0) is 11.5. The van der Waals surface area contributed by atoms with E-state index in [-0.39, 0.29) is 17.0 Å². The molecule has 1 aromatic carbocycles. The SMILES string of the molecule is OC(Cc1ccco1)c1cccc(Cl)c1F. The Hall–Kier alpha value is -1.32. The van der Waals surface area contributed by atoms with Crippen molar-refractivity contribution in [2.45, 2.75) is 12.5 Å². The van der Waals surface area contributed by atoms with Gasteiger partial charge in [0.2, 0.25) is 0 Å². The van der Waals surface area contributed by atoms with Crippen LogP contribution in [-0.2, 0) is 6.42 Å². The second kappa shape index (κ2) is 4.68. The molecule has 0 spiro atoms. The molecule has 0 saturated carbocycles. The lowest BCUT2D eigenvalue weighted by atomic mass is 10.0. The van der Waals surface area contributed by atoms with Crippen LogP contribution in [0.3, 0.4) is 0 Å². The Morgan fingerprint density at radius 3 is 2.81 bits per heavy atom. The highest BCUT2D eigenvalue weighted by Crippen LogP contribution is 2.25. The first kappa shape index (κ1) is 11.2. The summed E-state index contributed by atoms with van der Waals surface area (Å²) in [6.07, 6.45) is 0.783. The summed E-state index contributed by atoms with van der Waals surface area (Å²) in [5.41, 5.74) is 0.184. The van der Waals surface area contributed by atoms with E-state index >= 15 is 0 Å². The molecule has 1 N–H and O–H groups in total. The molecule has 0 aliphatic rings. The van der Waals surface area contributed by atoms with Gasteiger partial charge in [0, 0.05) is 12.0 Å². The lowest BCUT2D eigenvalue weighted by molar-refractivity contribution is 0.166. The van der Waals surface area contributed by atoms with Crippen molar-refractivity contribution in [2.75, 3.05) is 0 Å². The first-order chi connectivity index (χ1) is 7.68. The van der Waals surface area contributed by atoms with Crippen LogP contribution in [0, 0.1) is 5.82 Å². The molecule has 0 bridgehead atoms. The van der Waals surface area contributed by atoms with Crippen LogP contribution in [0.1, 0.15) is 17.4 Å². The van der Waals surface area contributed by atoms with Crippen LogP contribution in [0.15, 0.2) is 41.0 Å². The number of hydrogen-bond donors (Lipinski definition) is 1. The maximum absolute atomic E-state index is 13.6. The van der Waals surface area contributed by atoms with Gasteiger partial charge >= 0.3 is 0 Å². The third-order valence-electron chi connectivity index (χ3n) is 2.32. The van der Waals surface area contributed by atoms with Crippen molar-refractivity contribution in [1.29, 1.82) is 0 Å². The number of benzene rings is 1. The van der Waals surface area contributed by atoms with Crippen molar-refractivity contribution in [3.8, 4) is 0 Å². The Kier molecular flexibility index (Phi) is 3.27. The summed E-state index contributed by atoms with van der Waals surface area (Å²) in [6, 6.07) is 8.00. The van der Waals surface area contributed by atoms with E-state index in [4.69, 9.17) is 16.0 Å². The summed E-state index contributed by atoms with van der Waals surface area (Å²) in [5.74, 6) is 0.0232. The summed E-state index contributed by atoms with van der Waals surface area (Å²) in [5, 5.41) is 9.85. The molecule has 0 saturated heterocycles. The highest BCUT2D eigenvalue weighted by atomic mass is 35.5. The van der Waals surface area contributed by atoms with Crippen LogP contribution in [0.5, 0.6) is 0 Å². The van der Waals surface area contributed by atoms with Gasteiger partial charge in [-0.25, -0.2) is 4.39 Å². The predicted molar refractivity (Wildman–Crippen MR) is 58.8 cm³/mol. The van der Waals surface area contributed by atoms with Gasteiger partial charge in [0.15, 0.2) is 0 Å². The van der Waals surface area contributed by atoms with Crippen LogP contribution in [0.25, 0.3) is 0 Å². The van der Waals surface area contributed by atoms with Gasteiger partial charge in [0.25, 0.3) is 0 Å². The van der Waals surface area contributed by atoms with Crippen LogP contribution >= 0.6 is 11.6 Å². The summed E-state index contributed by atoms with van der Waals surface area (Å²) >= 11 is 5.63. The van der Waals surface area contributed by atoms with Gasteiger partial charge in [0.05, 0.1) is 17.4 Å². The van der Waals surface area contributed by atoms with Crippen molar-refractivity contribution in [3.63, 3.8) is 0 Å². The van der Waals surface area contributed by atoms with E-state index in [0.29, 0.717) is 5.76 Å². The molecule has 1 unspecified atom stereocenters. The van der Waals surface area contributed by atoms with E-state index in [0.717, 1.165) is 0 Å². The fraction of sp³-hybridized carbons (Fsp3) is 0.167. The van der Waals surface area contributed by atoms with E-state index in [2.05, 4.69) is 0 Å². The largest absolute Gasteiger partial charge is 0.469 e. The normalized spacial score (nSPS) is 12.7. The molecule has 2 nitrogen and oxygen atoms in total. The quantitative estimate of drug-likeness (QED) is 0.893. The third kappa shape index (κ3) is 2.26. The predicted octanol–water partition coefficient (Wildman–Crippen LogP) is 3.35. The van der Waals surface area contributed by atoms with E-state index in [1.807, 2.05) is 0 Å². The molecule has 2 aromatic rings. The number of halogens is 2. The molecule has 1 atom stereocenters. The Labute approximate surface area is 97.3 Å². The maximum atomic E-state index is 13.6. The standard InChI is InChI=1S/C12H10ClFO2/c13-10-5-1-4-9(12(10)14)11(15)7-8-3-2-6-16-8/h1-6,11,15H,7H2. The molecule has 2 rings (SSSR count). The van der Waals surface area contributed by atoms with E-state index < -0.39 is 11.9 Å². The Morgan fingerprint density at radius 1 is 1.31 bits per heavy atom. The molecule has 4 heteroatoms. The molecule has 0 radical (unpaired) electrons. The molecule has 0 fully saturated rings. The van der Waals surface area contributed by atoms with Gasteiger partial charge in [-0.2, -0.15) is 0 Å². The Balaban J connectivity index is 2.21. The lowest BCUT2D eigenvalue weighted by Crippen LogP contribution is -2.04. The van der Waals surface area contributed by atoms with Gasteiger partial charge in [-0.05, 0) is 18.2 Å². The topological polar surface area (TPSA) is 33.4 Å². The lowest BCUT2D eigenvalue weighted by Gasteiger charge is -2.10. The molecule has 0 aliphatic carbocycles. The van der Waals surface area contributed by atoms with Crippen molar-refractivity contribution in [2.24, 2.45) is 0 Å². The number of rotatable bonds is 3. The molecule has 84 valence electrons. The van der Waals surface area contributed by atoms with Crippen molar-refractivity contribution in [1.82, 2.24) is 0 Å². The average molecular weight is 241 g/mol. The number of aliphatic hydroxyl groups is 1. The fourth-order valence-corrected chi connectivity index (χ4v) is 1.69. The highest BCUT2D eigenvalue weighted by molar-refractivity contribution is 6.30. The van der Waals surface area contributed by atoms with Crippen molar-refractivity contribution >= 4 is 11.6 Å². The van der Waals surface area contributed by atoms with Crippen LogP contribution in [-0.4, -0.2) is 5.11 Å². The van der Waals surface area contributed by atoms with Crippen molar-refractivity contribution < 1.29 is 13.9 Å². The number of furan rings is 1. The smallest absolute Gasteiger partial charge is 0.147 e. The van der Waals surface area contributed by atoms with Gasteiger partial charge in [-0.1, -0.05) is 23.7 Å². The van der Waals surface area contributed by atoms with Gasteiger partial charge < -0.3 is 9.52 Å². The van der Waals surface area contributed by atoms with Crippen molar-refractivity contribution in [3.05, 3.63) is 58.8 Å². The molecular formula is C12H10ClFO2. The first-order valence-corrected chi connectivity index (χ1v) is 5.20. The molecular weight excluding hydrogens is 231 g/mol. The van der Waals surface area contributed by atoms with E-state index in [1.54, 1.807) is 18.2 Å². The Morgan fingerprint density at radius 2 is 2.12 bits per heavy atom. The zero-order valence-electron chi connectivity index (χ0n) is 8.36. The van der Waals surface area contributed by atoms with Crippen LogP contribution in [0.4, 0.5) is 4.39 Å². The highest BCUT2D eigenvalue weighted by Gasteiger charge is 2.16. The minimum atomic E-state index is -0.954. The van der Waals surface area contributed by atoms with Gasteiger partial charge in [-0.3, -0.25) is 0 Å². The second-order valence-electron chi connectivity index (χ2n) is 3.44. The maximum Gasteiger partial charge on any atom is 0.147 e.